The third kappa shape index (κ3) is 1.59. The van der Waals surface area contributed by atoms with Crippen LogP contribution in [0, 0.1) is 5.82 Å². The quantitative estimate of drug-likeness (QED) is 0.833. The normalized spacial score (nSPS) is 23.9. The fourth-order valence-corrected chi connectivity index (χ4v) is 2.19. The Morgan fingerprint density at radius 3 is 2.94 bits per heavy atom. The molecule has 1 N–H and O–H groups in total. The first-order chi connectivity index (χ1) is 7.59. The monoisotopic (exact) mass is 224 g/mol. The van der Waals surface area contributed by atoms with E-state index in [-0.39, 0.29) is 12.2 Å². The molecule has 1 aliphatic carbocycles. The fourth-order valence-electron chi connectivity index (χ4n) is 2.19. The first-order valence-corrected chi connectivity index (χ1v) is 5.14. The molecule has 4 heteroatoms. The highest BCUT2D eigenvalue weighted by Gasteiger charge is 2.42. The van der Waals surface area contributed by atoms with Gasteiger partial charge in [-0.2, -0.15) is 0 Å². The molecule has 3 nitrogen and oxygen atoms in total. The van der Waals surface area contributed by atoms with Crippen molar-refractivity contribution in [1.82, 2.24) is 0 Å². The SMILES string of the molecule is COC1(C(=O)O)CCc2cccc(F)c2C1. The molecule has 0 amide bonds. The number of fused-ring (bicyclic) bond motifs is 1. The Kier molecular flexibility index (Phi) is 2.68. The Balaban J connectivity index is 2.42. The minimum Gasteiger partial charge on any atom is -0.479 e. The molecule has 0 aromatic heterocycles. The molecule has 0 aliphatic heterocycles. The summed E-state index contributed by atoms with van der Waals surface area (Å²) < 4.78 is 18.7. The van der Waals surface area contributed by atoms with E-state index in [4.69, 9.17) is 9.84 Å². The Hall–Kier alpha value is -1.42. The van der Waals surface area contributed by atoms with E-state index in [0.29, 0.717) is 18.4 Å². The number of carboxylic acid groups (broad SMARTS) is 1. The molecular weight excluding hydrogens is 211 g/mol. The molecule has 86 valence electrons. The highest BCUT2D eigenvalue weighted by molar-refractivity contribution is 5.78. The molecule has 1 aliphatic rings. The lowest BCUT2D eigenvalue weighted by Crippen LogP contribution is -2.46. The van der Waals surface area contributed by atoms with E-state index in [1.54, 1.807) is 6.07 Å². The summed E-state index contributed by atoms with van der Waals surface area (Å²) in [5.41, 5.74) is 0.0850. The summed E-state index contributed by atoms with van der Waals surface area (Å²) in [5.74, 6) is -1.37. The van der Waals surface area contributed by atoms with Gasteiger partial charge in [-0.15, -0.1) is 0 Å². The van der Waals surface area contributed by atoms with Crippen molar-refractivity contribution in [3.63, 3.8) is 0 Å². The summed E-state index contributed by atoms with van der Waals surface area (Å²) in [6.07, 6.45) is 1.02. The van der Waals surface area contributed by atoms with Crippen LogP contribution in [0.5, 0.6) is 0 Å². The van der Waals surface area contributed by atoms with Crippen molar-refractivity contribution in [2.24, 2.45) is 0 Å². The Labute approximate surface area is 92.9 Å². The van der Waals surface area contributed by atoms with Gasteiger partial charge in [0.05, 0.1) is 0 Å². The molecule has 1 aromatic rings. The maximum absolute atomic E-state index is 13.6. The van der Waals surface area contributed by atoms with E-state index in [2.05, 4.69) is 0 Å². The molecule has 0 saturated heterocycles. The van der Waals surface area contributed by atoms with Gasteiger partial charge < -0.3 is 9.84 Å². The van der Waals surface area contributed by atoms with E-state index in [1.165, 1.54) is 13.2 Å². The maximum Gasteiger partial charge on any atom is 0.336 e. The second-order valence-corrected chi connectivity index (χ2v) is 4.06. The van der Waals surface area contributed by atoms with Crippen LogP contribution in [-0.2, 0) is 22.4 Å². The summed E-state index contributed by atoms with van der Waals surface area (Å²) in [6.45, 7) is 0. The van der Waals surface area contributed by atoms with Crippen molar-refractivity contribution in [2.45, 2.75) is 24.9 Å². The number of aryl methyl sites for hydroxylation is 1. The van der Waals surface area contributed by atoms with Crippen LogP contribution in [0.3, 0.4) is 0 Å². The molecule has 0 bridgehead atoms. The van der Waals surface area contributed by atoms with Crippen LogP contribution < -0.4 is 0 Å². The summed E-state index contributed by atoms with van der Waals surface area (Å²) in [6, 6.07) is 4.83. The number of hydrogen-bond donors (Lipinski definition) is 1. The molecule has 2 rings (SSSR count). The van der Waals surface area contributed by atoms with E-state index in [9.17, 15) is 9.18 Å². The molecule has 1 aromatic carbocycles. The fraction of sp³-hybridized carbons (Fsp3) is 0.417. The molecule has 1 unspecified atom stereocenters. The van der Waals surface area contributed by atoms with Gasteiger partial charge in [-0.3, -0.25) is 0 Å². The molecule has 1 atom stereocenters. The van der Waals surface area contributed by atoms with Gasteiger partial charge in [-0.25, -0.2) is 9.18 Å². The third-order valence-electron chi connectivity index (χ3n) is 3.26. The van der Waals surface area contributed by atoms with Crippen molar-refractivity contribution >= 4 is 5.97 Å². The summed E-state index contributed by atoms with van der Waals surface area (Å²) in [4.78, 5) is 11.2. The Morgan fingerprint density at radius 2 is 2.31 bits per heavy atom. The largest absolute Gasteiger partial charge is 0.479 e. The van der Waals surface area contributed by atoms with Crippen molar-refractivity contribution in [1.29, 1.82) is 0 Å². The maximum atomic E-state index is 13.6. The van der Waals surface area contributed by atoms with Crippen molar-refractivity contribution < 1.29 is 19.0 Å². The Morgan fingerprint density at radius 1 is 1.56 bits per heavy atom. The first kappa shape index (κ1) is 11.1. The zero-order valence-corrected chi connectivity index (χ0v) is 9.00. The van der Waals surface area contributed by atoms with Gasteiger partial charge in [-0.1, -0.05) is 12.1 Å². The van der Waals surface area contributed by atoms with Crippen LogP contribution in [-0.4, -0.2) is 23.8 Å². The topological polar surface area (TPSA) is 46.5 Å². The third-order valence-corrected chi connectivity index (χ3v) is 3.26. The molecule has 0 fully saturated rings. The van der Waals surface area contributed by atoms with Crippen molar-refractivity contribution in [2.75, 3.05) is 7.11 Å². The minimum atomic E-state index is -1.27. The van der Waals surface area contributed by atoms with Gasteiger partial charge in [0, 0.05) is 13.5 Å². The number of ether oxygens (including phenoxy) is 1. The molecular formula is C12H13FO3. The highest BCUT2D eigenvalue weighted by Crippen LogP contribution is 2.32. The standard InChI is InChI=1S/C12H13FO3/c1-16-12(11(14)15)6-5-8-3-2-4-10(13)9(8)7-12/h2-4H,5-7H2,1H3,(H,14,15). The number of benzene rings is 1. The van der Waals surface area contributed by atoms with E-state index in [0.717, 1.165) is 5.56 Å². The van der Waals surface area contributed by atoms with E-state index >= 15 is 0 Å². The van der Waals surface area contributed by atoms with Crippen LogP contribution >= 0.6 is 0 Å². The second-order valence-electron chi connectivity index (χ2n) is 4.06. The van der Waals surface area contributed by atoms with Gasteiger partial charge in [0.15, 0.2) is 5.60 Å². The van der Waals surface area contributed by atoms with Gasteiger partial charge >= 0.3 is 5.97 Å². The number of carbonyl (C=O) groups is 1. The zero-order valence-electron chi connectivity index (χ0n) is 9.00. The summed E-state index contributed by atoms with van der Waals surface area (Å²) in [7, 11) is 1.36. The lowest BCUT2D eigenvalue weighted by molar-refractivity contribution is -0.163. The highest BCUT2D eigenvalue weighted by atomic mass is 19.1. The van der Waals surface area contributed by atoms with Gasteiger partial charge in [0.1, 0.15) is 5.82 Å². The van der Waals surface area contributed by atoms with Crippen LogP contribution in [0.1, 0.15) is 17.5 Å². The van der Waals surface area contributed by atoms with Gasteiger partial charge in [0.2, 0.25) is 0 Å². The predicted molar refractivity (Wildman–Crippen MR) is 55.8 cm³/mol. The van der Waals surface area contributed by atoms with Crippen LogP contribution in [0.25, 0.3) is 0 Å². The van der Waals surface area contributed by atoms with Gasteiger partial charge in [0.25, 0.3) is 0 Å². The number of hydrogen-bond acceptors (Lipinski definition) is 2. The molecule has 16 heavy (non-hydrogen) atoms. The Bertz CT molecular complexity index is 430. The van der Waals surface area contributed by atoms with Crippen LogP contribution in [0.2, 0.25) is 0 Å². The molecule has 0 saturated carbocycles. The van der Waals surface area contributed by atoms with E-state index in [1.807, 2.05) is 6.07 Å². The molecule has 0 spiro atoms. The van der Waals surface area contributed by atoms with Crippen LogP contribution in [0.15, 0.2) is 18.2 Å². The van der Waals surface area contributed by atoms with Crippen molar-refractivity contribution in [3.8, 4) is 0 Å². The van der Waals surface area contributed by atoms with E-state index < -0.39 is 11.6 Å². The van der Waals surface area contributed by atoms with Crippen LogP contribution in [0.4, 0.5) is 4.39 Å². The lowest BCUT2D eigenvalue weighted by atomic mass is 9.80. The average molecular weight is 224 g/mol. The number of carboxylic acids is 1. The first-order valence-electron chi connectivity index (χ1n) is 5.14. The lowest BCUT2D eigenvalue weighted by Gasteiger charge is -2.33. The molecule has 0 heterocycles. The second kappa shape index (κ2) is 3.87. The van der Waals surface area contributed by atoms with Gasteiger partial charge in [-0.05, 0) is 30.0 Å². The van der Waals surface area contributed by atoms with Crippen molar-refractivity contribution in [3.05, 3.63) is 35.1 Å². The average Bonchev–Trinajstić information content (AvgIpc) is 2.29. The number of aliphatic carboxylic acids is 1. The smallest absolute Gasteiger partial charge is 0.336 e. The number of halogens is 1. The summed E-state index contributed by atoms with van der Waals surface area (Å²) in [5, 5.41) is 9.16. The zero-order chi connectivity index (χ0) is 11.8. The summed E-state index contributed by atoms with van der Waals surface area (Å²) >= 11 is 0. The predicted octanol–water partition coefficient (Wildman–Crippen LogP) is 1.78. The number of rotatable bonds is 2. The molecule has 0 radical (unpaired) electrons. The minimum absolute atomic E-state index is 0.0981. The number of methoxy groups -OCH3 is 1.